The van der Waals surface area contributed by atoms with Gasteiger partial charge in [0, 0.05) is 13.0 Å². The van der Waals surface area contributed by atoms with Crippen LogP contribution in [0.4, 0.5) is 13.2 Å². The molecule has 0 aliphatic carbocycles. The number of nitrogens with zero attached hydrogens (tertiary/aromatic N) is 1. The van der Waals surface area contributed by atoms with Crippen LogP contribution in [0.2, 0.25) is 0 Å². The summed E-state index contributed by atoms with van der Waals surface area (Å²) in [6.07, 6.45) is -3.49. The van der Waals surface area contributed by atoms with Gasteiger partial charge in [-0.15, -0.1) is 13.2 Å². The molecule has 0 aliphatic rings. The molecule has 0 aliphatic heterocycles. The topological polar surface area (TPSA) is 52.4 Å². The van der Waals surface area contributed by atoms with E-state index in [2.05, 4.69) is 4.74 Å². The molecule has 0 saturated heterocycles. The van der Waals surface area contributed by atoms with Gasteiger partial charge in [-0.25, -0.2) is 0 Å². The molecule has 1 aromatic carbocycles. The van der Waals surface area contributed by atoms with Crippen LogP contribution in [0.1, 0.15) is 12.5 Å². The Labute approximate surface area is 94.5 Å². The van der Waals surface area contributed by atoms with Crippen LogP contribution in [-0.4, -0.2) is 11.3 Å². The molecule has 4 nitrogen and oxygen atoms in total. The number of alkyl halides is 3. The third-order valence-electron chi connectivity index (χ3n) is 1.78. The van der Waals surface area contributed by atoms with Crippen LogP contribution < -0.4 is 4.74 Å². The van der Waals surface area contributed by atoms with Crippen molar-refractivity contribution >= 4 is 6.08 Å². The van der Waals surface area contributed by atoms with E-state index in [1.165, 1.54) is 25.1 Å². The Morgan fingerprint density at radius 3 is 2.29 bits per heavy atom. The fourth-order valence-electron chi connectivity index (χ4n) is 1.06. The van der Waals surface area contributed by atoms with Crippen molar-refractivity contribution in [1.29, 1.82) is 0 Å². The Bertz CT molecular complexity index is 437. The minimum atomic E-state index is -4.74. The Kier molecular flexibility index (Phi) is 3.72. The largest absolute Gasteiger partial charge is 0.573 e. The summed E-state index contributed by atoms with van der Waals surface area (Å²) in [5, 5.41) is 10.3. The van der Waals surface area contributed by atoms with Crippen LogP contribution in [0.3, 0.4) is 0 Å². The van der Waals surface area contributed by atoms with E-state index in [4.69, 9.17) is 0 Å². The lowest BCUT2D eigenvalue weighted by Crippen LogP contribution is -2.16. The van der Waals surface area contributed by atoms with Gasteiger partial charge in [0.1, 0.15) is 5.75 Å². The Morgan fingerprint density at radius 2 is 1.88 bits per heavy atom. The standard InChI is InChI=1S/C10H8F3NO3/c1-7(14(15)16)6-8-2-4-9(5-3-8)17-10(11,12)13/h2-6H,1H3. The number of halogens is 3. The maximum absolute atomic E-state index is 11.8. The summed E-state index contributed by atoms with van der Waals surface area (Å²) < 4.78 is 39.2. The predicted octanol–water partition coefficient (Wildman–Crippen LogP) is 3.22. The fourth-order valence-corrected chi connectivity index (χ4v) is 1.06. The smallest absolute Gasteiger partial charge is 0.406 e. The molecule has 7 heteroatoms. The molecule has 17 heavy (non-hydrogen) atoms. The third kappa shape index (κ3) is 4.54. The highest BCUT2D eigenvalue weighted by atomic mass is 19.4. The first-order valence-corrected chi connectivity index (χ1v) is 4.46. The summed E-state index contributed by atoms with van der Waals surface area (Å²) in [5.41, 5.74) is 0.322. The Morgan fingerprint density at radius 1 is 1.35 bits per heavy atom. The molecule has 1 aromatic rings. The highest BCUT2D eigenvalue weighted by molar-refractivity contribution is 5.51. The Hall–Kier alpha value is -2.05. The van der Waals surface area contributed by atoms with E-state index >= 15 is 0 Å². The zero-order valence-electron chi connectivity index (χ0n) is 8.69. The van der Waals surface area contributed by atoms with Gasteiger partial charge in [-0.3, -0.25) is 10.1 Å². The second-order valence-corrected chi connectivity index (χ2v) is 3.16. The van der Waals surface area contributed by atoms with Gasteiger partial charge >= 0.3 is 6.36 Å². The summed E-state index contributed by atoms with van der Waals surface area (Å²) in [5.74, 6) is -0.367. The molecule has 0 heterocycles. The molecule has 0 spiro atoms. The summed E-state index contributed by atoms with van der Waals surface area (Å²) in [6.45, 7) is 1.29. The molecule has 0 bridgehead atoms. The van der Waals surface area contributed by atoms with Crippen molar-refractivity contribution in [3.63, 3.8) is 0 Å². The molecule has 0 fully saturated rings. The average Bonchev–Trinajstić information content (AvgIpc) is 2.18. The van der Waals surface area contributed by atoms with Crippen LogP contribution in [0.5, 0.6) is 5.75 Å². The van der Waals surface area contributed by atoms with E-state index in [0.717, 1.165) is 12.1 Å². The van der Waals surface area contributed by atoms with Crippen LogP contribution >= 0.6 is 0 Å². The van der Waals surface area contributed by atoms with E-state index in [1.807, 2.05) is 0 Å². The molecular weight excluding hydrogens is 239 g/mol. The van der Waals surface area contributed by atoms with Gasteiger partial charge < -0.3 is 4.74 Å². The van der Waals surface area contributed by atoms with Gasteiger partial charge in [-0.1, -0.05) is 12.1 Å². The van der Waals surface area contributed by atoms with Crippen LogP contribution in [0, 0.1) is 10.1 Å². The third-order valence-corrected chi connectivity index (χ3v) is 1.78. The van der Waals surface area contributed by atoms with E-state index in [1.54, 1.807) is 0 Å². The van der Waals surface area contributed by atoms with Crippen molar-refractivity contribution in [2.75, 3.05) is 0 Å². The average molecular weight is 247 g/mol. The monoisotopic (exact) mass is 247 g/mol. The first-order valence-electron chi connectivity index (χ1n) is 4.46. The molecule has 0 aromatic heterocycles. The van der Waals surface area contributed by atoms with Gasteiger partial charge in [0.05, 0.1) is 4.92 Å². The lowest BCUT2D eigenvalue weighted by Gasteiger charge is -2.08. The predicted molar refractivity (Wildman–Crippen MR) is 53.8 cm³/mol. The van der Waals surface area contributed by atoms with Gasteiger partial charge in [0.15, 0.2) is 0 Å². The maximum atomic E-state index is 11.8. The van der Waals surface area contributed by atoms with Crippen LogP contribution in [0.15, 0.2) is 30.0 Å². The van der Waals surface area contributed by atoms with Gasteiger partial charge in [-0.05, 0) is 17.7 Å². The number of allylic oxidation sites excluding steroid dienone is 1. The van der Waals surface area contributed by atoms with Gasteiger partial charge in [-0.2, -0.15) is 0 Å². The molecule has 0 radical (unpaired) electrons. The first kappa shape index (κ1) is 13.0. The van der Waals surface area contributed by atoms with Crippen molar-refractivity contribution in [1.82, 2.24) is 0 Å². The quantitative estimate of drug-likeness (QED) is 0.608. The molecule has 92 valence electrons. The minimum absolute atomic E-state index is 0.102. The second kappa shape index (κ2) is 4.86. The molecular formula is C10H8F3NO3. The van der Waals surface area contributed by atoms with Crippen LogP contribution in [0.25, 0.3) is 6.08 Å². The normalized spacial score (nSPS) is 12.4. The molecule has 0 N–H and O–H groups in total. The molecule has 1 rings (SSSR count). The summed E-state index contributed by atoms with van der Waals surface area (Å²) in [6, 6.07) is 4.78. The Balaban J connectivity index is 2.82. The van der Waals surface area contributed by atoms with Crippen molar-refractivity contribution in [3.05, 3.63) is 45.6 Å². The summed E-state index contributed by atoms with van der Waals surface area (Å²) >= 11 is 0. The van der Waals surface area contributed by atoms with E-state index in [-0.39, 0.29) is 11.4 Å². The number of ether oxygens (including phenoxy) is 1. The molecule has 0 saturated carbocycles. The zero-order valence-corrected chi connectivity index (χ0v) is 8.69. The lowest BCUT2D eigenvalue weighted by atomic mass is 10.2. The highest BCUT2D eigenvalue weighted by Crippen LogP contribution is 2.23. The second-order valence-electron chi connectivity index (χ2n) is 3.16. The zero-order chi connectivity index (χ0) is 13.1. The van der Waals surface area contributed by atoms with Crippen LogP contribution in [-0.2, 0) is 0 Å². The van der Waals surface area contributed by atoms with Gasteiger partial charge in [0.2, 0.25) is 5.70 Å². The van der Waals surface area contributed by atoms with Gasteiger partial charge in [0.25, 0.3) is 0 Å². The summed E-state index contributed by atoms with van der Waals surface area (Å²) in [7, 11) is 0. The number of hydrogen-bond acceptors (Lipinski definition) is 3. The number of benzene rings is 1. The SMILES string of the molecule is CC(=Cc1ccc(OC(F)(F)F)cc1)[N+](=O)[O-]. The maximum Gasteiger partial charge on any atom is 0.573 e. The minimum Gasteiger partial charge on any atom is -0.406 e. The van der Waals surface area contributed by atoms with E-state index < -0.39 is 11.3 Å². The summed E-state index contributed by atoms with van der Waals surface area (Å²) in [4.78, 5) is 9.74. The fraction of sp³-hybridized carbons (Fsp3) is 0.200. The number of rotatable bonds is 3. The molecule has 0 atom stereocenters. The number of hydrogen-bond donors (Lipinski definition) is 0. The van der Waals surface area contributed by atoms with Crippen molar-refractivity contribution < 1.29 is 22.8 Å². The number of nitro groups is 1. The van der Waals surface area contributed by atoms with E-state index in [0.29, 0.717) is 5.56 Å². The lowest BCUT2D eigenvalue weighted by molar-refractivity contribution is -0.422. The first-order chi connectivity index (χ1) is 7.78. The van der Waals surface area contributed by atoms with Crippen molar-refractivity contribution in [2.45, 2.75) is 13.3 Å². The van der Waals surface area contributed by atoms with Crippen molar-refractivity contribution in [2.24, 2.45) is 0 Å². The van der Waals surface area contributed by atoms with E-state index in [9.17, 15) is 23.3 Å². The molecule has 0 unspecified atom stereocenters. The highest BCUT2D eigenvalue weighted by Gasteiger charge is 2.30. The van der Waals surface area contributed by atoms with Crippen molar-refractivity contribution in [3.8, 4) is 5.75 Å². The molecule has 0 amide bonds.